The van der Waals surface area contributed by atoms with Gasteiger partial charge in [0.25, 0.3) is 0 Å². The molecular weight excluding hydrogens is 638 g/mol. The Bertz CT molecular complexity index is 870. The van der Waals surface area contributed by atoms with Crippen LogP contribution in [-0.2, 0) is 25.6 Å². The van der Waals surface area contributed by atoms with E-state index in [0.29, 0.717) is 39.3 Å². The molecule has 1 aromatic rings. The molecule has 7 nitrogen and oxygen atoms in total. The van der Waals surface area contributed by atoms with Crippen LogP contribution in [-0.4, -0.2) is 45.4 Å². The average Bonchev–Trinajstić information content (AvgIpc) is 3.12. The van der Waals surface area contributed by atoms with Crippen molar-refractivity contribution in [3.05, 3.63) is 23.8 Å². The van der Waals surface area contributed by atoms with Crippen LogP contribution < -0.4 is 14.8 Å². The number of benzene rings is 1. The third-order valence-corrected chi connectivity index (χ3v) is 9.43. The lowest BCUT2D eigenvalue weighted by Crippen LogP contribution is -2.07. The Hall–Kier alpha value is -2.28. The van der Waals surface area contributed by atoms with Crippen LogP contribution in [0.25, 0.3) is 0 Å². The summed E-state index contributed by atoms with van der Waals surface area (Å²) < 4.78 is 23.1. The minimum Gasteiger partial charge on any atom is -0.493 e. The van der Waals surface area contributed by atoms with Crippen molar-refractivity contribution in [2.45, 2.75) is 200 Å². The Balaban J connectivity index is 2.04. The largest absolute Gasteiger partial charge is 0.493 e. The number of rotatable bonds is 38. The minimum absolute atomic E-state index is 0.0269. The highest BCUT2D eigenvalue weighted by atomic mass is 16.5. The molecule has 0 heterocycles. The van der Waals surface area contributed by atoms with Gasteiger partial charge in [-0.15, -0.1) is 0 Å². The Morgan fingerprint density at radius 3 is 1.16 bits per heavy atom. The Labute approximate surface area is 314 Å². The van der Waals surface area contributed by atoms with Crippen molar-refractivity contribution in [3.8, 4) is 11.5 Å². The first-order valence-corrected chi connectivity index (χ1v) is 21.4. The summed E-state index contributed by atoms with van der Waals surface area (Å²) >= 11 is 0. The fraction of sp³-hybridized carbons (Fsp3) is 0.818. The van der Waals surface area contributed by atoms with Crippen molar-refractivity contribution < 1.29 is 28.5 Å². The molecule has 0 unspecified atom stereocenters. The summed E-state index contributed by atoms with van der Waals surface area (Å²) in [5, 5.41) is 3.23. The SMILES string of the molecule is CCCCCCCCCC(=O)OCCCCCCCCOc1cc(CNC)cc(OCCCCCCCCOC(=O)CCCCCCCCC)c1. The predicted octanol–water partition coefficient (Wildman–Crippen LogP) is 12.2. The van der Waals surface area contributed by atoms with E-state index in [1.54, 1.807) is 0 Å². The van der Waals surface area contributed by atoms with E-state index in [1.807, 2.05) is 13.1 Å². The molecule has 0 amide bonds. The van der Waals surface area contributed by atoms with Crippen molar-refractivity contribution in [2.75, 3.05) is 33.5 Å². The van der Waals surface area contributed by atoms with Crippen LogP contribution in [0.2, 0.25) is 0 Å². The van der Waals surface area contributed by atoms with Crippen LogP contribution in [0.5, 0.6) is 11.5 Å². The molecule has 296 valence electrons. The van der Waals surface area contributed by atoms with Crippen LogP contribution in [0.4, 0.5) is 0 Å². The summed E-state index contributed by atoms with van der Waals surface area (Å²) in [5.41, 5.74) is 1.16. The molecule has 1 N–H and O–H groups in total. The summed E-state index contributed by atoms with van der Waals surface area (Å²) in [6.45, 7) is 7.78. The maximum Gasteiger partial charge on any atom is 0.305 e. The third kappa shape index (κ3) is 31.0. The number of ether oxygens (including phenoxy) is 4. The maximum absolute atomic E-state index is 11.9. The number of unbranched alkanes of at least 4 members (excludes halogenated alkanes) is 22. The summed E-state index contributed by atoms with van der Waals surface area (Å²) in [6.07, 6.45) is 31.4. The van der Waals surface area contributed by atoms with E-state index < -0.39 is 0 Å². The lowest BCUT2D eigenvalue weighted by Gasteiger charge is -2.13. The van der Waals surface area contributed by atoms with E-state index >= 15 is 0 Å². The fourth-order valence-corrected chi connectivity index (χ4v) is 6.28. The summed E-state index contributed by atoms with van der Waals surface area (Å²) in [5.74, 6) is 1.69. The highest BCUT2D eigenvalue weighted by molar-refractivity contribution is 5.69. The second kappa shape index (κ2) is 36.1. The van der Waals surface area contributed by atoms with E-state index in [2.05, 4.69) is 31.3 Å². The molecular formula is C44H79NO6. The summed E-state index contributed by atoms with van der Waals surface area (Å²) in [7, 11) is 1.95. The Kier molecular flexibility index (Phi) is 33.1. The first kappa shape index (κ1) is 46.7. The number of esters is 2. The van der Waals surface area contributed by atoms with Crippen LogP contribution in [0.1, 0.15) is 199 Å². The summed E-state index contributed by atoms with van der Waals surface area (Å²) in [6, 6.07) is 6.22. The molecule has 7 heteroatoms. The van der Waals surface area contributed by atoms with Gasteiger partial charge in [-0.05, 0) is 63.3 Å². The molecule has 0 aliphatic rings. The fourth-order valence-electron chi connectivity index (χ4n) is 6.28. The quantitative estimate of drug-likeness (QED) is 0.0538. The van der Waals surface area contributed by atoms with E-state index in [0.717, 1.165) is 101 Å². The van der Waals surface area contributed by atoms with Gasteiger partial charge in [0.15, 0.2) is 0 Å². The molecule has 0 spiro atoms. The van der Waals surface area contributed by atoms with Gasteiger partial charge in [0.05, 0.1) is 26.4 Å². The van der Waals surface area contributed by atoms with Gasteiger partial charge in [-0.25, -0.2) is 0 Å². The zero-order valence-electron chi connectivity index (χ0n) is 33.5. The Morgan fingerprint density at radius 1 is 0.451 bits per heavy atom. The second-order valence-electron chi connectivity index (χ2n) is 14.5. The van der Waals surface area contributed by atoms with Crippen LogP contribution in [0.15, 0.2) is 18.2 Å². The van der Waals surface area contributed by atoms with E-state index in [9.17, 15) is 9.59 Å². The van der Waals surface area contributed by atoms with E-state index in [4.69, 9.17) is 18.9 Å². The molecule has 1 rings (SSSR count). The van der Waals surface area contributed by atoms with Crippen molar-refractivity contribution in [1.29, 1.82) is 0 Å². The normalized spacial score (nSPS) is 11.1. The third-order valence-electron chi connectivity index (χ3n) is 9.43. The molecule has 0 aliphatic carbocycles. The number of hydrogen-bond acceptors (Lipinski definition) is 7. The minimum atomic E-state index is -0.0269. The standard InChI is InChI=1S/C44H79NO6/c1-4-6-8-10-12-18-24-30-43(46)50-34-28-22-16-14-20-26-32-48-41-36-40(39-45-3)37-42(38-41)49-33-27-21-15-17-23-29-35-51-44(47)31-25-19-13-11-9-7-5-2/h36-38,45H,4-35,39H2,1-3H3. The smallest absolute Gasteiger partial charge is 0.305 e. The van der Waals surface area contributed by atoms with Gasteiger partial charge < -0.3 is 24.3 Å². The zero-order valence-corrected chi connectivity index (χ0v) is 33.5. The number of hydrogen-bond donors (Lipinski definition) is 1. The highest BCUT2D eigenvalue weighted by Crippen LogP contribution is 2.24. The monoisotopic (exact) mass is 718 g/mol. The molecule has 0 radical (unpaired) electrons. The number of carbonyl (C=O) groups is 2. The molecule has 0 fully saturated rings. The highest BCUT2D eigenvalue weighted by Gasteiger charge is 2.06. The molecule has 0 bridgehead atoms. The van der Waals surface area contributed by atoms with Gasteiger partial charge in [-0.2, -0.15) is 0 Å². The maximum atomic E-state index is 11.9. The van der Waals surface area contributed by atoms with E-state index in [1.165, 1.54) is 89.9 Å². The molecule has 0 saturated carbocycles. The van der Waals surface area contributed by atoms with Crippen LogP contribution in [0.3, 0.4) is 0 Å². The predicted molar refractivity (Wildman–Crippen MR) is 213 cm³/mol. The molecule has 0 aliphatic heterocycles. The number of carbonyl (C=O) groups excluding carboxylic acids is 2. The van der Waals surface area contributed by atoms with Gasteiger partial charge >= 0.3 is 11.9 Å². The molecule has 0 aromatic heterocycles. The molecule has 51 heavy (non-hydrogen) atoms. The topological polar surface area (TPSA) is 83.1 Å². The van der Waals surface area contributed by atoms with Crippen molar-refractivity contribution in [3.63, 3.8) is 0 Å². The van der Waals surface area contributed by atoms with Crippen molar-refractivity contribution in [1.82, 2.24) is 5.32 Å². The van der Waals surface area contributed by atoms with Crippen molar-refractivity contribution >= 4 is 11.9 Å². The van der Waals surface area contributed by atoms with Crippen LogP contribution in [0, 0.1) is 0 Å². The molecule has 0 atom stereocenters. The molecule has 0 saturated heterocycles. The molecule has 1 aromatic carbocycles. The van der Waals surface area contributed by atoms with Gasteiger partial charge in [-0.1, -0.05) is 142 Å². The van der Waals surface area contributed by atoms with E-state index in [-0.39, 0.29) is 11.9 Å². The first-order valence-electron chi connectivity index (χ1n) is 21.4. The lowest BCUT2D eigenvalue weighted by atomic mass is 10.1. The zero-order chi connectivity index (χ0) is 36.9. The lowest BCUT2D eigenvalue weighted by molar-refractivity contribution is -0.144. The van der Waals surface area contributed by atoms with Crippen molar-refractivity contribution in [2.24, 2.45) is 0 Å². The number of nitrogens with one attached hydrogen (secondary N) is 1. The second-order valence-corrected chi connectivity index (χ2v) is 14.5. The average molecular weight is 718 g/mol. The summed E-state index contributed by atoms with van der Waals surface area (Å²) in [4.78, 5) is 23.8. The Morgan fingerprint density at radius 2 is 0.784 bits per heavy atom. The first-order chi connectivity index (χ1) is 25.1. The van der Waals surface area contributed by atoms with Gasteiger partial charge in [0.1, 0.15) is 11.5 Å². The van der Waals surface area contributed by atoms with Gasteiger partial charge in [0, 0.05) is 25.5 Å². The van der Waals surface area contributed by atoms with Crippen LogP contribution >= 0.6 is 0 Å². The van der Waals surface area contributed by atoms with Gasteiger partial charge in [-0.3, -0.25) is 9.59 Å². The van der Waals surface area contributed by atoms with Gasteiger partial charge in [0.2, 0.25) is 0 Å².